The first kappa shape index (κ1) is 18.1. The minimum Gasteiger partial charge on any atom is -0.497 e. The predicted octanol–water partition coefficient (Wildman–Crippen LogP) is 3.27. The Kier molecular flexibility index (Phi) is 6.00. The van der Waals surface area contributed by atoms with Crippen LogP contribution < -0.4 is 14.8 Å². The second kappa shape index (κ2) is 8.61. The van der Waals surface area contributed by atoms with Crippen LogP contribution >= 0.6 is 0 Å². The van der Waals surface area contributed by atoms with Crippen molar-refractivity contribution < 1.29 is 9.47 Å². The van der Waals surface area contributed by atoms with E-state index >= 15 is 0 Å². The minimum absolute atomic E-state index is 0.524. The minimum atomic E-state index is 0.524. The van der Waals surface area contributed by atoms with Crippen LogP contribution in [0.4, 0.5) is 0 Å². The lowest BCUT2D eigenvalue weighted by molar-refractivity contribution is 0.414. The van der Waals surface area contributed by atoms with E-state index in [-0.39, 0.29) is 0 Å². The van der Waals surface area contributed by atoms with Crippen LogP contribution in [0.3, 0.4) is 0 Å². The van der Waals surface area contributed by atoms with Gasteiger partial charge in [0.05, 0.1) is 14.2 Å². The van der Waals surface area contributed by atoms with Crippen molar-refractivity contribution in [1.29, 1.82) is 0 Å². The third-order valence-corrected chi connectivity index (χ3v) is 4.87. The average molecular weight is 353 g/mol. The summed E-state index contributed by atoms with van der Waals surface area (Å²) < 4.78 is 10.5. The van der Waals surface area contributed by atoms with Crippen LogP contribution in [0, 0.1) is 0 Å². The van der Waals surface area contributed by atoms with E-state index < -0.39 is 0 Å². The van der Waals surface area contributed by atoms with Crippen LogP contribution in [-0.2, 0) is 6.54 Å². The van der Waals surface area contributed by atoms with Crippen molar-refractivity contribution in [2.45, 2.75) is 18.9 Å². The quantitative estimate of drug-likeness (QED) is 0.662. The number of rotatable bonds is 5. The SMILES string of the molecule is CN=C(NCc1cccc(OC)c1)N1CCC(c2ccc(OC)cc2)C1. The van der Waals surface area contributed by atoms with E-state index in [1.165, 1.54) is 11.1 Å². The molecule has 1 heterocycles. The molecule has 0 aliphatic carbocycles. The third-order valence-electron chi connectivity index (χ3n) is 4.87. The molecule has 0 spiro atoms. The first-order valence-electron chi connectivity index (χ1n) is 8.96. The Labute approximate surface area is 155 Å². The molecule has 5 nitrogen and oxygen atoms in total. The summed E-state index contributed by atoms with van der Waals surface area (Å²) in [5.74, 6) is 3.25. The van der Waals surface area contributed by atoms with Gasteiger partial charge in [0.2, 0.25) is 0 Å². The molecule has 1 aliphatic heterocycles. The number of hydrogen-bond donors (Lipinski definition) is 1. The van der Waals surface area contributed by atoms with Crippen LogP contribution in [0.25, 0.3) is 0 Å². The molecule has 26 heavy (non-hydrogen) atoms. The lowest BCUT2D eigenvalue weighted by atomic mass is 9.98. The van der Waals surface area contributed by atoms with Crippen molar-refractivity contribution in [3.8, 4) is 11.5 Å². The summed E-state index contributed by atoms with van der Waals surface area (Å²) >= 11 is 0. The van der Waals surface area contributed by atoms with E-state index in [1.54, 1.807) is 14.2 Å². The topological polar surface area (TPSA) is 46.1 Å². The summed E-state index contributed by atoms with van der Waals surface area (Å²) in [4.78, 5) is 6.79. The highest BCUT2D eigenvalue weighted by Crippen LogP contribution is 2.28. The van der Waals surface area contributed by atoms with Gasteiger partial charge >= 0.3 is 0 Å². The van der Waals surface area contributed by atoms with E-state index in [9.17, 15) is 0 Å². The lowest BCUT2D eigenvalue weighted by Crippen LogP contribution is -2.39. The van der Waals surface area contributed by atoms with E-state index in [2.05, 4.69) is 33.4 Å². The standard InChI is InChI=1S/C21H27N3O2/c1-22-21(23-14-16-5-4-6-20(13-16)26-3)24-12-11-18(15-24)17-7-9-19(25-2)10-8-17/h4-10,13,18H,11-12,14-15H2,1-3H3,(H,22,23). The number of benzene rings is 2. The van der Waals surface area contributed by atoms with Gasteiger partial charge in [-0.2, -0.15) is 0 Å². The molecule has 0 amide bonds. The molecule has 1 N–H and O–H groups in total. The highest BCUT2D eigenvalue weighted by molar-refractivity contribution is 5.80. The Morgan fingerprint density at radius 3 is 2.58 bits per heavy atom. The van der Waals surface area contributed by atoms with Gasteiger partial charge < -0.3 is 19.7 Å². The first-order chi connectivity index (χ1) is 12.7. The Hall–Kier alpha value is -2.69. The molecule has 0 bridgehead atoms. The molecule has 138 valence electrons. The van der Waals surface area contributed by atoms with Gasteiger partial charge in [-0.25, -0.2) is 0 Å². The molecule has 0 radical (unpaired) electrons. The summed E-state index contributed by atoms with van der Waals surface area (Å²) in [5, 5.41) is 3.47. The van der Waals surface area contributed by atoms with Gasteiger partial charge in [0.25, 0.3) is 0 Å². The maximum Gasteiger partial charge on any atom is 0.193 e. The molecule has 5 heteroatoms. The fourth-order valence-corrected chi connectivity index (χ4v) is 3.40. The lowest BCUT2D eigenvalue weighted by Gasteiger charge is -2.22. The number of guanidine groups is 1. The molecule has 1 saturated heterocycles. The summed E-state index contributed by atoms with van der Waals surface area (Å²) in [6.07, 6.45) is 1.13. The molecule has 3 rings (SSSR count). The number of aliphatic imine (C=N–C) groups is 1. The predicted molar refractivity (Wildman–Crippen MR) is 105 cm³/mol. The largest absolute Gasteiger partial charge is 0.497 e. The first-order valence-corrected chi connectivity index (χ1v) is 8.96. The maximum absolute atomic E-state index is 5.29. The van der Waals surface area contributed by atoms with Gasteiger partial charge in [-0.15, -0.1) is 0 Å². The Morgan fingerprint density at radius 1 is 1.12 bits per heavy atom. The molecule has 1 aliphatic rings. The zero-order valence-corrected chi connectivity index (χ0v) is 15.7. The molecule has 1 unspecified atom stereocenters. The zero-order valence-electron chi connectivity index (χ0n) is 15.7. The number of hydrogen-bond acceptors (Lipinski definition) is 3. The van der Waals surface area contributed by atoms with Gasteiger partial charge in [-0.1, -0.05) is 24.3 Å². The van der Waals surface area contributed by atoms with Crippen LogP contribution in [0.15, 0.2) is 53.5 Å². The fourth-order valence-electron chi connectivity index (χ4n) is 3.40. The summed E-state index contributed by atoms with van der Waals surface area (Å²) in [5.41, 5.74) is 2.54. The van der Waals surface area contributed by atoms with Gasteiger partial charge in [0.1, 0.15) is 11.5 Å². The second-order valence-corrected chi connectivity index (χ2v) is 6.46. The summed E-state index contributed by atoms with van der Waals surface area (Å²) in [6.45, 7) is 2.71. The van der Waals surface area contributed by atoms with E-state index in [4.69, 9.17) is 9.47 Å². The molecule has 0 saturated carbocycles. The maximum atomic E-state index is 5.29. The van der Waals surface area contributed by atoms with Crippen molar-refractivity contribution in [1.82, 2.24) is 10.2 Å². The smallest absolute Gasteiger partial charge is 0.193 e. The summed E-state index contributed by atoms with van der Waals surface area (Å²) in [7, 11) is 5.23. The number of nitrogens with one attached hydrogen (secondary N) is 1. The van der Waals surface area contributed by atoms with Crippen molar-refractivity contribution in [3.05, 3.63) is 59.7 Å². The molecule has 1 fully saturated rings. The van der Waals surface area contributed by atoms with Gasteiger partial charge in [-0.05, 0) is 41.8 Å². The van der Waals surface area contributed by atoms with Crippen molar-refractivity contribution in [2.24, 2.45) is 4.99 Å². The second-order valence-electron chi connectivity index (χ2n) is 6.46. The van der Waals surface area contributed by atoms with Crippen LogP contribution in [0.2, 0.25) is 0 Å². The fraction of sp³-hybridized carbons (Fsp3) is 0.381. The van der Waals surface area contributed by atoms with Gasteiger partial charge in [0.15, 0.2) is 5.96 Å². The van der Waals surface area contributed by atoms with Crippen LogP contribution in [0.5, 0.6) is 11.5 Å². The summed E-state index contributed by atoms with van der Waals surface area (Å²) in [6, 6.07) is 16.5. The molecular weight excluding hydrogens is 326 g/mol. The number of likely N-dealkylation sites (tertiary alicyclic amines) is 1. The monoisotopic (exact) mass is 353 g/mol. The molecule has 0 aromatic heterocycles. The van der Waals surface area contributed by atoms with E-state index in [1.807, 2.05) is 37.4 Å². The number of methoxy groups -OCH3 is 2. The van der Waals surface area contributed by atoms with Gasteiger partial charge in [0, 0.05) is 32.6 Å². The van der Waals surface area contributed by atoms with Crippen molar-refractivity contribution in [2.75, 3.05) is 34.4 Å². The van der Waals surface area contributed by atoms with E-state index in [0.29, 0.717) is 5.92 Å². The molecule has 1 atom stereocenters. The average Bonchev–Trinajstić information content (AvgIpc) is 3.19. The highest BCUT2D eigenvalue weighted by atomic mass is 16.5. The Morgan fingerprint density at radius 2 is 1.88 bits per heavy atom. The van der Waals surface area contributed by atoms with E-state index in [0.717, 1.165) is 43.5 Å². The Balaban J connectivity index is 1.58. The van der Waals surface area contributed by atoms with Crippen LogP contribution in [-0.4, -0.2) is 45.2 Å². The number of nitrogens with zero attached hydrogens (tertiary/aromatic N) is 2. The highest BCUT2D eigenvalue weighted by Gasteiger charge is 2.26. The number of ether oxygens (including phenoxy) is 2. The van der Waals surface area contributed by atoms with Crippen molar-refractivity contribution in [3.63, 3.8) is 0 Å². The molecular formula is C21H27N3O2. The van der Waals surface area contributed by atoms with Gasteiger partial charge in [-0.3, -0.25) is 4.99 Å². The normalized spacial score (nSPS) is 17.3. The van der Waals surface area contributed by atoms with Crippen LogP contribution in [0.1, 0.15) is 23.5 Å². The Bertz CT molecular complexity index is 743. The third kappa shape index (κ3) is 4.28. The molecule has 2 aromatic rings. The zero-order chi connectivity index (χ0) is 18.4. The molecule has 2 aromatic carbocycles. The van der Waals surface area contributed by atoms with Crippen molar-refractivity contribution >= 4 is 5.96 Å².